The first kappa shape index (κ1) is 21.9. The van der Waals surface area contributed by atoms with E-state index in [0.29, 0.717) is 6.10 Å². The molecule has 1 aliphatic rings. The summed E-state index contributed by atoms with van der Waals surface area (Å²) in [7, 11) is -0.791. The molecule has 1 atom stereocenters. The monoisotopic (exact) mass is 430 g/mol. The highest BCUT2D eigenvalue weighted by atomic mass is 28.4. The fraction of sp³-hybridized carbons (Fsp3) is 0.357. The zero-order valence-electron chi connectivity index (χ0n) is 19.2. The molecular weight excluding hydrogens is 396 g/mol. The van der Waals surface area contributed by atoms with Crippen molar-refractivity contribution in [2.24, 2.45) is 0 Å². The summed E-state index contributed by atoms with van der Waals surface area (Å²) < 4.78 is 13.1. The molecule has 0 fully saturated rings. The Balaban J connectivity index is 1.89. The normalized spacial score (nSPS) is 17.0. The van der Waals surface area contributed by atoms with Gasteiger partial charge < -0.3 is 9.16 Å². The van der Waals surface area contributed by atoms with Crippen LogP contribution in [0.4, 0.5) is 0 Å². The van der Waals surface area contributed by atoms with E-state index in [1.165, 1.54) is 21.5 Å². The molecule has 162 valence electrons. The second kappa shape index (κ2) is 9.02. The van der Waals surface area contributed by atoms with Crippen LogP contribution in [-0.4, -0.2) is 21.5 Å². The molecule has 0 aliphatic heterocycles. The Kier molecular flexibility index (Phi) is 6.36. The number of hydrogen-bond acceptors (Lipinski definition) is 2. The lowest BCUT2D eigenvalue weighted by Crippen LogP contribution is -2.68. The molecule has 3 aromatic carbocycles. The number of methoxy groups -OCH3 is 1. The van der Waals surface area contributed by atoms with E-state index < -0.39 is 8.32 Å². The summed E-state index contributed by atoms with van der Waals surface area (Å²) in [4.78, 5) is 0. The van der Waals surface area contributed by atoms with Crippen molar-refractivity contribution in [3.05, 3.63) is 90.0 Å². The maximum Gasteiger partial charge on any atom is 0.319 e. The maximum absolute atomic E-state index is 7.36. The minimum atomic E-state index is -2.62. The average molecular weight is 431 g/mol. The van der Waals surface area contributed by atoms with Crippen LogP contribution in [0.3, 0.4) is 0 Å². The number of ether oxygens (including phenoxy) is 1. The maximum atomic E-state index is 7.36. The standard InChI is InChI=1S/C28H34O2Si/c1-28(2,3)31(24-15-7-5-8-16-24,25-17-9-6-10-18-25)30-27-20-11-13-22-21-23(29-4)14-12-19-26(22)27/h5-11,13,15-18,20,23H,12,14,19,21H2,1-4H3. The molecule has 0 saturated carbocycles. The number of rotatable bonds is 5. The molecule has 0 N–H and O–H groups in total. The second-order valence-electron chi connectivity index (χ2n) is 9.61. The van der Waals surface area contributed by atoms with E-state index in [2.05, 4.69) is 99.6 Å². The largest absolute Gasteiger partial charge is 0.534 e. The van der Waals surface area contributed by atoms with Crippen LogP contribution in [0.25, 0.3) is 0 Å². The van der Waals surface area contributed by atoms with Gasteiger partial charge >= 0.3 is 8.32 Å². The number of hydrogen-bond donors (Lipinski definition) is 0. The van der Waals surface area contributed by atoms with E-state index in [4.69, 9.17) is 9.16 Å². The highest BCUT2D eigenvalue weighted by Crippen LogP contribution is 2.40. The van der Waals surface area contributed by atoms with E-state index in [0.717, 1.165) is 31.4 Å². The van der Waals surface area contributed by atoms with Gasteiger partial charge in [-0.15, -0.1) is 0 Å². The summed E-state index contributed by atoms with van der Waals surface area (Å²) in [6, 6.07) is 28.4. The van der Waals surface area contributed by atoms with Crippen LogP contribution in [0.15, 0.2) is 78.9 Å². The van der Waals surface area contributed by atoms with E-state index in [1.54, 1.807) is 0 Å². The number of benzene rings is 3. The third-order valence-corrected chi connectivity index (χ3v) is 11.6. The van der Waals surface area contributed by atoms with Crippen molar-refractivity contribution in [3.63, 3.8) is 0 Å². The molecule has 0 bridgehead atoms. The van der Waals surface area contributed by atoms with Crippen LogP contribution < -0.4 is 14.8 Å². The summed E-state index contributed by atoms with van der Waals surface area (Å²) in [5.41, 5.74) is 2.75. The number of fused-ring (bicyclic) bond motifs is 1. The topological polar surface area (TPSA) is 18.5 Å². The van der Waals surface area contributed by atoms with E-state index >= 15 is 0 Å². The zero-order chi connectivity index (χ0) is 21.9. The van der Waals surface area contributed by atoms with Crippen molar-refractivity contribution in [2.45, 2.75) is 57.6 Å². The molecule has 1 aliphatic carbocycles. The van der Waals surface area contributed by atoms with E-state index in [-0.39, 0.29) is 5.04 Å². The average Bonchev–Trinajstić information content (AvgIpc) is 3.00. The van der Waals surface area contributed by atoms with Gasteiger partial charge in [-0.3, -0.25) is 0 Å². The lowest BCUT2D eigenvalue weighted by molar-refractivity contribution is 0.0960. The Bertz CT molecular complexity index is 953. The fourth-order valence-corrected chi connectivity index (χ4v) is 9.50. The minimum Gasteiger partial charge on any atom is -0.534 e. The molecule has 3 aromatic rings. The molecule has 0 heterocycles. The van der Waals surface area contributed by atoms with Crippen LogP contribution in [0, 0.1) is 0 Å². The predicted octanol–water partition coefficient (Wildman–Crippen LogP) is 5.52. The molecule has 0 aromatic heterocycles. The van der Waals surface area contributed by atoms with Gasteiger partial charge in [0.15, 0.2) is 0 Å². The Morgan fingerprint density at radius 1 is 0.806 bits per heavy atom. The highest BCUT2D eigenvalue weighted by molar-refractivity contribution is 7.00. The summed E-state index contributed by atoms with van der Waals surface area (Å²) in [6.07, 6.45) is 4.54. The van der Waals surface area contributed by atoms with Gasteiger partial charge in [0.25, 0.3) is 0 Å². The van der Waals surface area contributed by atoms with Crippen LogP contribution in [0.2, 0.25) is 5.04 Å². The molecular formula is C28H34O2Si. The Morgan fingerprint density at radius 3 is 1.97 bits per heavy atom. The molecule has 3 heteroatoms. The van der Waals surface area contributed by atoms with Gasteiger partial charge in [-0.1, -0.05) is 93.6 Å². The lowest BCUT2D eigenvalue weighted by atomic mass is 10.0. The quantitative estimate of drug-likeness (QED) is 0.392. The SMILES string of the molecule is COC1CCCc2c(cccc2O[Si](c2ccccc2)(c2ccccc2)C(C)(C)C)C1. The summed E-state index contributed by atoms with van der Waals surface area (Å²) in [5.74, 6) is 1.06. The van der Waals surface area contributed by atoms with Crippen LogP contribution >= 0.6 is 0 Å². The van der Waals surface area contributed by atoms with Gasteiger partial charge in [0.2, 0.25) is 0 Å². The third-order valence-electron chi connectivity index (χ3n) is 6.64. The molecule has 31 heavy (non-hydrogen) atoms. The first-order valence-electron chi connectivity index (χ1n) is 11.4. The van der Waals surface area contributed by atoms with Crippen molar-refractivity contribution in [2.75, 3.05) is 7.11 Å². The van der Waals surface area contributed by atoms with Gasteiger partial charge in [-0.2, -0.15) is 0 Å². The van der Waals surface area contributed by atoms with Gasteiger partial charge in [0.05, 0.1) is 6.10 Å². The smallest absolute Gasteiger partial charge is 0.319 e. The van der Waals surface area contributed by atoms with Gasteiger partial charge in [0, 0.05) is 7.11 Å². The van der Waals surface area contributed by atoms with E-state index in [9.17, 15) is 0 Å². The van der Waals surface area contributed by atoms with Crippen molar-refractivity contribution in [1.82, 2.24) is 0 Å². The molecule has 0 saturated heterocycles. The van der Waals surface area contributed by atoms with Crippen molar-refractivity contribution in [1.29, 1.82) is 0 Å². The van der Waals surface area contributed by atoms with Gasteiger partial charge in [-0.25, -0.2) is 0 Å². The van der Waals surface area contributed by atoms with E-state index in [1.807, 2.05) is 7.11 Å². The first-order valence-corrected chi connectivity index (χ1v) is 13.3. The van der Waals surface area contributed by atoms with Gasteiger partial charge in [-0.05, 0) is 58.3 Å². The van der Waals surface area contributed by atoms with Gasteiger partial charge in [0.1, 0.15) is 5.75 Å². The minimum absolute atomic E-state index is 0.0434. The summed E-state index contributed by atoms with van der Waals surface area (Å²) in [6.45, 7) is 7.01. The van der Waals surface area contributed by atoms with Crippen LogP contribution in [0.5, 0.6) is 5.75 Å². The van der Waals surface area contributed by atoms with Crippen molar-refractivity contribution < 1.29 is 9.16 Å². The fourth-order valence-electron chi connectivity index (χ4n) is 5.05. The highest BCUT2D eigenvalue weighted by Gasteiger charge is 2.52. The predicted molar refractivity (Wildman–Crippen MR) is 132 cm³/mol. The Hall–Kier alpha value is -2.36. The molecule has 4 rings (SSSR count). The molecule has 2 nitrogen and oxygen atoms in total. The summed E-state index contributed by atoms with van der Waals surface area (Å²) >= 11 is 0. The first-order chi connectivity index (χ1) is 15.0. The van der Waals surface area contributed by atoms with Crippen LogP contribution in [0.1, 0.15) is 44.7 Å². The Morgan fingerprint density at radius 2 is 1.42 bits per heavy atom. The van der Waals surface area contributed by atoms with Crippen molar-refractivity contribution in [3.8, 4) is 5.75 Å². The lowest BCUT2D eigenvalue weighted by Gasteiger charge is -2.43. The molecule has 0 amide bonds. The zero-order valence-corrected chi connectivity index (χ0v) is 20.2. The summed E-state index contributed by atoms with van der Waals surface area (Å²) in [5, 5.41) is 2.59. The molecule has 0 radical (unpaired) electrons. The Labute approximate surface area is 188 Å². The molecule has 1 unspecified atom stereocenters. The van der Waals surface area contributed by atoms with Crippen molar-refractivity contribution >= 4 is 18.7 Å². The molecule has 0 spiro atoms. The second-order valence-corrected chi connectivity index (χ2v) is 13.8. The van der Waals surface area contributed by atoms with Crippen LogP contribution in [-0.2, 0) is 17.6 Å². The third kappa shape index (κ3) is 4.22.